The summed E-state index contributed by atoms with van der Waals surface area (Å²) < 4.78 is 0.457. The van der Waals surface area contributed by atoms with Crippen molar-refractivity contribution >= 4 is 16.6 Å². The highest BCUT2D eigenvalue weighted by Gasteiger charge is 2.13. The summed E-state index contributed by atoms with van der Waals surface area (Å²) >= 11 is 0. The molecule has 0 saturated carbocycles. The van der Waals surface area contributed by atoms with Gasteiger partial charge in [0.1, 0.15) is 0 Å². The van der Waals surface area contributed by atoms with Crippen molar-refractivity contribution in [1.82, 2.24) is 0 Å². The molecule has 1 aromatic carbocycles. The van der Waals surface area contributed by atoms with Gasteiger partial charge in [-0.3, -0.25) is 10.1 Å². The molecule has 1 aromatic heterocycles. The van der Waals surface area contributed by atoms with E-state index in [0.29, 0.717) is 10.1 Å². The predicted octanol–water partition coefficient (Wildman–Crippen LogP) is 1.25. The average molecular weight is 215 g/mol. The SMILES string of the molecule is N#Cc1ccc2cc([N+](=O)[O-])ccc2[n+]1[O-]. The molecular formula is C10H5N3O3. The highest BCUT2D eigenvalue weighted by Crippen LogP contribution is 2.18. The Balaban J connectivity index is 2.76. The van der Waals surface area contributed by atoms with E-state index in [4.69, 9.17) is 5.26 Å². The van der Waals surface area contributed by atoms with Crippen molar-refractivity contribution in [1.29, 1.82) is 5.26 Å². The average Bonchev–Trinajstić information content (AvgIpc) is 2.29. The first kappa shape index (κ1) is 9.86. The third-order valence-corrected chi connectivity index (χ3v) is 2.19. The Morgan fingerprint density at radius 2 is 2.06 bits per heavy atom. The standard InChI is InChI=1S/C10H5N3O3/c11-6-9-2-1-7-5-8(13(15)16)3-4-10(7)12(9)14/h1-5H. The van der Waals surface area contributed by atoms with Crippen LogP contribution in [0.3, 0.4) is 0 Å². The quantitative estimate of drug-likeness (QED) is 0.309. The maximum Gasteiger partial charge on any atom is 0.295 e. The Bertz CT molecular complexity index is 631. The van der Waals surface area contributed by atoms with Crippen molar-refractivity contribution in [2.45, 2.75) is 0 Å². The van der Waals surface area contributed by atoms with Gasteiger partial charge in [0.2, 0.25) is 5.52 Å². The van der Waals surface area contributed by atoms with Crippen molar-refractivity contribution in [3.63, 3.8) is 0 Å². The fourth-order valence-electron chi connectivity index (χ4n) is 1.42. The number of aromatic nitrogens is 1. The van der Waals surface area contributed by atoms with Crippen LogP contribution in [0, 0.1) is 26.7 Å². The van der Waals surface area contributed by atoms with E-state index in [1.807, 2.05) is 0 Å². The molecule has 78 valence electrons. The van der Waals surface area contributed by atoms with Crippen LogP contribution >= 0.6 is 0 Å². The number of nitrogens with zero attached hydrogens (tertiary/aromatic N) is 3. The molecule has 0 radical (unpaired) electrons. The number of pyridine rings is 1. The van der Waals surface area contributed by atoms with E-state index in [9.17, 15) is 15.3 Å². The van der Waals surface area contributed by atoms with Gasteiger partial charge in [0.25, 0.3) is 11.4 Å². The van der Waals surface area contributed by atoms with Crippen molar-refractivity contribution < 1.29 is 9.65 Å². The van der Waals surface area contributed by atoms with Crippen LogP contribution in [0.25, 0.3) is 10.9 Å². The van der Waals surface area contributed by atoms with Gasteiger partial charge in [-0.15, -0.1) is 0 Å². The normalized spacial score (nSPS) is 9.94. The number of non-ortho nitro benzene ring substituents is 1. The molecule has 1 heterocycles. The number of rotatable bonds is 1. The Kier molecular flexibility index (Phi) is 2.14. The van der Waals surface area contributed by atoms with Crippen molar-refractivity contribution in [2.75, 3.05) is 0 Å². The Labute approximate surface area is 89.7 Å². The first-order chi connectivity index (χ1) is 7.63. The Morgan fingerprint density at radius 3 is 2.69 bits per heavy atom. The summed E-state index contributed by atoms with van der Waals surface area (Å²) in [6.45, 7) is 0. The summed E-state index contributed by atoms with van der Waals surface area (Å²) in [5, 5.41) is 31.2. The predicted molar refractivity (Wildman–Crippen MR) is 54.3 cm³/mol. The van der Waals surface area contributed by atoms with Gasteiger partial charge >= 0.3 is 0 Å². The van der Waals surface area contributed by atoms with E-state index in [1.54, 1.807) is 6.07 Å². The van der Waals surface area contributed by atoms with E-state index in [1.165, 1.54) is 30.3 Å². The van der Waals surface area contributed by atoms with E-state index < -0.39 is 4.92 Å². The molecule has 6 heteroatoms. The summed E-state index contributed by atoms with van der Waals surface area (Å²) in [6, 6.07) is 8.45. The zero-order valence-electron chi connectivity index (χ0n) is 7.95. The number of fused-ring (bicyclic) bond motifs is 1. The highest BCUT2D eigenvalue weighted by molar-refractivity contribution is 5.78. The molecule has 16 heavy (non-hydrogen) atoms. The van der Waals surface area contributed by atoms with Gasteiger partial charge in [-0.2, -0.15) is 9.99 Å². The largest absolute Gasteiger partial charge is 0.617 e. The van der Waals surface area contributed by atoms with Gasteiger partial charge < -0.3 is 5.21 Å². The molecule has 0 saturated heterocycles. The lowest BCUT2D eigenvalue weighted by Gasteiger charge is -2.02. The summed E-state index contributed by atoms with van der Waals surface area (Å²) in [4.78, 5) is 9.99. The number of hydrogen-bond donors (Lipinski definition) is 0. The highest BCUT2D eigenvalue weighted by atomic mass is 16.6. The zero-order valence-corrected chi connectivity index (χ0v) is 7.95. The fraction of sp³-hybridized carbons (Fsp3) is 0. The van der Waals surface area contributed by atoms with Crippen LogP contribution in [-0.2, 0) is 0 Å². The molecule has 2 rings (SSSR count). The number of nitro benzene ring substituents is 1. The van der Waals surface area contributed by atoms with Crippen LogP contribution < -0.4 is 4.73 Å². The lowest BCUT2D eigenvalue weighted by atomic mass is 10.2. The smallest absolute Gasteiger partial charge is 0.295 e. The monoisotopic (exact) mass is 215 g/mol. The van der Waals surface area contributed by atoms with Gasteiger partial charge in [0.15, 0.2) is 6.07 Å². The van der Waals surface area contributed by atoms with Crippen LogP contribution in [-0.4, -0.2) is 4.92 Å². The Hall–Kier alpha value is -2.68. The van der Waals surface area contributed by atoms with E-state index in [0.717, 1.165) is 0 Å². The minimum absolute atomic E-state index is 0.0404. The molecule has 2 aromatic rings. The minimum atomic E-state index is -0.535. The van der Waals surface area contributed by atoms with Gasteiger partial charge in [0.05, 0.1) is 10.3 Å². The minimum Gasteiger partial charge on any atom is -0.617 e. The lowest BCUT2D eigenvalue weighted by molar-refractivity contribution is -0.580. The molecule has 6 nitrogen and oxygen atoms in total. The molecule has 0 spiro atoms. The second-order valence-corrected chi connectivity index (χ2v) is 3.12. The Morgan fingerprint density at radius 1 is 1.31 bits per heavy atom. The summed E-state index contributed by atoms with van der Waals surface area (Å²) in [5.41, 5.74) is 0.114. The van der Waals surface area contributed by atoms with Crippen molar-refractivity contribution in [2.24, 2.45) is 0 Å². The second-order valence-electron chi connectivity index (χ2n) is 3.12. The fourth-order valence-corrected chi connectivity index (χ4v) is 1.42. The third-order valence-electron chi connectivity index (χ3n) is 2.19. The van der Waals surface area contributed by atoms with Gasteiger partial charge in [-0.25, -0.2) is 0 Å². The van der Waals surface area contributed by atoms with E-state index >= 15 is 0 Å². The summed E-state index contributed by atoms with van der Waals surface area (Å²) in [6.07, 6.45) is 0. The number of nitro groups is 1. The summed E-state index contributed by atoms with van der Waals surface area (Å²) in [7, 11) is 0. The molecule has 0 N–H and O–H groups in total. The number of benzene rings is 1. The van der Waals surface area contributed by atoms with Crippen molar-refractivity contribution in [3.05, 3.63) is 51.3 Å². The number of nitriles is 1. The van der Waals surface area contributed by atoms with Crippen molar-refractivity contribution in [3.8, 4) is 6.07 Å². The van der Waals surface area contributed by atoms with Crippen LogP contribution in [0.2, 0.25) is 0 Å². The lowest BCUT2D eigenvalue weighted by Crippen LogP contribution is -2.31. The molecule has 0 aliphatic carbocycles. The molecule has 0 amide bonds. The molecular weight excluding hydrogens is 210 g/mol. The molecule has 0 unspecified atom stereocenters. The first-order valence-corrected chi connectivity index (χ1v) is 4.34. The van der Waals surface area contributed by atoms with E-state index in [2.05, 4.69) is 0 Å². The van der Waals surface area contributed by atoms with Gasteiger partial charge in [-0.05, 0) is 6.07 Å². The zero-order chi connectivity index (χ0) is 11.7. The topological polar surface area (TPSA) is 93.9 Å². The van der Waals surface area contributed by atoms with Gasteiger partial charge in [-0.1, -0.05) is 0 Å². The summed E-state index contributed by atoms with van der Waals surface area (Å²) in [5.74, 6) is 0. The van der Waals surface area contributed by atoms with Crippen LogP contribution in [0.4, 0.5) is 5.69 Å². The van der Waals surface area contributed by atoms with Crippen LogP contribution in [0.1, 0.15) is 5.69 Å². The van der Waals surface area contributed by atoms with Crippen LogP contribution in [0.15, 0.2) is 30.3 Å². The first-order valence-electron chi connectivity index (χ1n) is 4.34. The molecule has 0 fully saturated rings. The third kappa shape index (κ3) is 1.40. The maximum atomic E-state index is 11.6. The van der Waals surface area contributed by atoms with Gasteiger partial charge in [0, 0.05) is 24.3 Å². The molecule has 0 aliphatic heterocycles. The molecule has 0 bridgehead atoms. The second kappa shape index (κ2) is 3.47. The molecule has 0 aliphatic rings. The van der Waals surface area contributed by atoms with E-state index in [-0.39, 0.29) is 16.9 Å². The number of hydrogen-bond acceptors (Lipinski definition) is 4. The molecule has 0 atom stereocenters. The maximum absolute atomic E-state index is 11.6. The van der Waals surface area contributed by atoms with Crippen LogP contribution in [0.5, 0.6) is 0 Å².